The van der Waals surface area contributed by atoms with Gasteiger partial charge in [0, 0.05) is 13.3 Å². The summed E-state index contributed by atoms with van der Waals surface area (Å²) < 4.78 is 0. The summed E-state index contributed by atoms with van der Waals surface area (Å²) in [5, 5.41) is 0. The lowest BCUT2D eigenvalue weighted by molar-refractivity contribution is 0.465. The van der Waals surface area contributed by atoms with Crippen molar-refractivity contribution in [3.05, 3.63) is 11.6 Å². The highest BCUT2D eigenvalue weighted by molar-refractivity contribution is 5.85. The summed E-state index contributed by atoms with van der Waals surface area (Å²) in [7, 11) is 1.76. The van der Waals surface area contributed by atoms with Crippen molar-refractivity contribution >= 4 is 12.6 Å². The van der Waals surface area contributed by atoms with Gasteiger partial charge in [-0.2, -0.15) is 0 Å². The van der Waals surface area contributed by atoms with Crippen molar-refractivity contribution in [3.8, 4) is 0 Å². The molecule has 0 saturated heterocycles. The van der Waals surface area contributed by atoms with E-state index in [1.54, 1.807) is 13.4 Å². The van der Waals surface area contributed by atoms with Gasteiger partial charge in [-0.15, -0.1) is 0 Å². The third kappa shape index (κ3) is 11.4. The van der Waals surface area contributed by atoms with E-state index in [0.717, 1.165) is 0 Å². The zero-order chi connectivity index (χ0) is 15.8. The number of hydrogen-bond donors (Lipinski definition) is 0. The van der Waals surface area contributed by atoms with E-state index in [9.17, 15) is 0 Å². The van der Waals surface area contributed by atoms with Crippen molar-refractivity contribution in [2.45, 2.75) is 85.0 Å². The minimum Gasteiger partial charge on any atom is -0.277 e. The Morgan fingerprint density at radius 1 is 0.905 bits per heavy atom. The maximum absolute atomic E-state index is 4.29. The molecule has 0 amide bonds. The van der Waals surface area contributed by atoms with Crippen LogP contribution in [0.2, 0.25) is 0 Å². The number of nitrogens with zero attached hydrogens (tertiary/aromatic N) is 2. The summed E-state index contributed by atoms with van der Waals surface area (Å²) in [6, 6.07) is 0. The Balaban J connectivity index is 4.43. The largest absolute Gasteiger partial charge is 0.277 e. The second kappa shape index (κ2) is 15.5. The monoisotopic (exact) mass is 292 g/mol. The summed E-state index contributed by atoms with van der Waals surface area (Å²) >= 11 is 0. The van der Waals surface area contributed by atoms with Crippen LogP contribution >= 0.6 is 0 Å². The van der Waals surface area contributed by atoms with Gasteiger partial charge in [-0.25, -0.2) is 4.99 Å². The first-order valence-electron chi connectivity index (χ1n) is 8.90. The molecule has 0 fully saturated rings. The van der Waals surface area contributed by atoms with Crippen LogP contribution in [0.5, 0.6) is 0 Å². The van der Waals surface area contributed by atoms with Crippen LogP contribution in [0, 0.1) is 5.92 Å². The Labute approximate surface area is 132 Å². The minimum atomic E-state index is 0.678. The average Bonchev–Trinajstić information content (AvgIpc) is 2.50. The molecule has 0 bridgehead atoms. The molecule has 2 nitrogen and oxygen atoms in total. The van der Waals surface area contributed by atoms with Crippen LogP contribution in [0.25, 0.3) is 0 Å². The topological polar surface area (TPSA) is 24.7 Å². The second-order valence-electron chi connectivity index (χ2n) is 5.84. The molecule has 0 saturated carbocycles. The molecule has 0 aliphatic carbocycles. The molecule has 0 heterocycles. The van der Waals surface area contributed by atoms with E-state index in [1.165, 1.54) is 69.8 Å². The molecular formula is C19H36N2. The zero-order valence-electron chi connectivity index (χ0n) is 14.8. The summed E-state index contributed by atoms with van der Waals surface area (Å²) in [5.41, 5.74) is 1.39. The molecular weight excluding hydrogens is 256 g/mol. The lowest BCUT2D eigenvalue weighted by Gasteiger charge is -2.18. The van der Waals surface area contributed by atoms with Crippen molar-refractivity contribution in [2.24, 2.45) is 15.9 Å². The van der Waals surface area contributed by atoms with Crippen molar-refractivity contribution < 1.29 is 0 Å². The maximum atomic E-state index is 4.29. The minimum absolute atomic E-state index is 0.678. The van der Waals surface area contributed by atoms with Gasteiger partial charge in [-0.05, 0) is 31.3 Å². The van der Waals surface area contributed by atoms with E-state index in [0.29, 0.717) is 5.92 Å². The first-order chi connectivity index (χ1) is 10.3. The van der Waals surface area contributed by atoms with Gasteiger partial charge in [-0.1, -0.05) is 71.3 Å². The quantitative estimate of drug-likeness (QED) is 0.219. The number of rotatable bonds is 13. The Kier molecular flexibility index (Phi) is 14.8. The second-order valence-corrected chi connectivity index (χ2v) is 5.84. The van der Waals surface area contributed by atoms with Crippen molar-refractivity contribution in [2.75, 3.05) is 7.05 Å². The average molecular weight is 293 g/mol. The highest BCUT2D eigenvalue weighted by atomic mass is 14.8. The van der Waals surface area contributed by atoms with Crippen LogP contribution in [-0.4, -0.2) is 19.6 Å². The Hall–Kier alpha value is -0.920. The molecule has 0 aliphatic rings. The highest BCUT2D eigenvalue weighted by Gasteiger charge is 2.12. The molecule has 122 valence electrons. The van der Waals surface area contributed by atoms with Gasteiger partial charge < -0.3 is 0 Å². The Morgan fingerprint density at radius 3 is 1.90 bits per heavy atom. The highest BCUT2D eigenvalue weighted by Crippen LogP contribution is 2.24. The smallest absolute Gasteiger partial charge is 0.109 e. The van der Waals surface area contributed by atoms with Gasteiger partial charge >= 0.3 is 0 Å². The van der Waals surface area contributed by atoms with E-state index in [2.05, 4.69) is 36.8 Å². The summed E-state index contributed by atoms with van der Waals surface area (Å²) in [5.74, 6) is 0.678. The molecule has 0 spiro atoms. The molecule has 0 N–H and O–H groups in total. The molecule has 21 heavy (non-hydrogen) atoms. The normalized spacial score (nSPS) is 13.1. The number of aliphatic imine (C=N–C) groups is 2. The number of unbranched alkanes of at least 4 members (excludes halogenated alkanes) is 6. The van der Waals surface area contributed by atoms with E-state index in [-0.39, 0.29) is 0 Å². The fourth-order valence-corrected chi connectivity index (χ4v) is 2.71. The maximum Gasteiger partial charge on any atom is 0.109 e. The van der Waals surface area contributed by atoms with E-state index in [1.807, 2.05) is 6.21 Å². The molecule has 0 radical (unpaired) electrons. The Bertz CT molecular complexity index is 291. The molecule has 0 aromatic rings. The van der Waals surface area contributed by atoms with Crippen LogP contribution in [0.15, 0.2) is 21.6 Å². The van der Waals surface area contributed by atoms with Crippen LogP contribution in [0.3, 0.4) is 0 Å². The predicted molar refractivity (Wildman–Crippen MR) is 97.7 cm³/mol. The van der Waals surface area contributed by atoms with Crippen LogP contribution in [-0.2, 0) is 0 Å². The first kappa shape index (κ1) is 20.1. The van der Waals surface area contributed by atoms with E-state index < -0.39 is 0 Å². The zero-order valence-corrected chi connectivity index (χ0v) is 14.8. The molecule has 0 atom stereocenters. The third-order valence-electron chi connectivity index (χ3n) is 4.02. The third-order valence-corrected chi connectivity index (χ3v) is 4.02. The molecule has 0 unspecified atom stereocenters. The van der Waals surface area contributed by atoms with Gasteiger partial charge in [0.1, 0.15) is 6.34 Å². The van der Waals surface area contributed by atoms with Crippen molar-refractivity contribution in [3.63, 3.8) is 0 Å². The molecule has 0 rings (SSSR count). The molecule has 0 aromatic carbocycles. The fraction of sp³-hybridized carbons (Fsp3) is 0.789. The first-order valence-corrected chi connectivity index (χ1v) is 8.90. The van der Waals surface area contributed by atoms with Gasteiger partial charge in [0.2, 0.25) is 0 Å². The predicted octanol–water partition coefficient (Wildman–Crippen LogP) is 6.22. The fourth-order valence-electron chi connectivity index (χ4n) is 2.71. The van der Waals surface area contributed by atoms with Gasteiger partial charge in [0.25, 0.3) is 0 Å². The van der Waals surface area contributed by atoms with Crippen LogP contribution in [0.1, 0.15) is 85.0 Å². The summed E-state index contributed by atoms with van der Waals surface area (Å²) in [6.45, 7) is 6.68. The lowest BCUT2D eigenvalue weighted by Crippen LogP contribution is -2.06. The SMILES string of the molecule is C\C=C(/C=N\C=N/C)C(CCCCCC)CCCCCC. The summed E-state index contributed by atoms with van der Waals surface area (Å²) in [4.78, 5) is 8.21. The van der Waals surface area contributed by atoms with Gasteiger partial charge in [-0.3, -0.25) is 4.99 Å². The Morgan fingerprint density at radius 2 is 1.48 bits per heavy atom. The van der Waals surface area contributed by atoms with Crippen molar-refractivity contribution in [1.82, 2.24) is 0 Å². The standard InChI is InChI=1S/C19H36N2/c1-5-8-10-12-14-19(15-13-11-9-6-2)18(7-3)16-21-17-20-4/h7,16-17,19H,5-6,8-15H2,1-4H3/b18-7+,20-17-,21-16-. The lowest BCUT2D eigenvalue weighted by atomic mass is 9.88. The van der Waals surface area contributed by atoms with Gasteiger partial charge in [0.15, 0.2) is 0 Å². The van der Waals surface area contributed by atoms with Crippen molar-refractivity contribution in [1.29, 1.82) is 0 Å². The molecule has 2 heteroatoms. The molecule has 0 aromatic heterocycles. The van der Waals surface area contributed by atoms with Crippen LogP contribution in [0.4, 0.5) is 0 Å². The van der Waals surface area contributed by atoms with E-state index in [4.69, 9.17) is 0 Å². The summed E-state index contributed by atoms with van der Waals surface area (Å²) in [6.07, 6.45) is 19.3. The number of allylic oxidation sites excluding steroid dienone is 2. The van der Waals surface area contributed by atoms with E-state index >= 15 is 0 Å². The number of hydrogen-bond acceptors (Lipinski definition) is 1. The van der Waals surface area contributed by atoms with Crippen LogP contribution < -0.4 is 0 Å². The molecule has 0 aliphatic heterocycles. The van der Waals surface area contributed by atoms with Gasteiger partial charge in [0.05, 0.1) is 0 Å².